The smallest absolute Gasteiger partial charge is 0.306 e. The molecule has 1 fully saturated rings. The molecule has 0 amide bonds. The van der Waals surface area contributed by atoms with Gasteiger partial charge in [0, 0.05) is 11.8 Å². The second kappa shape index (κ2) is 9.68. The maximum absolute atomic E-state index is 12.2. The van der Waals surface area contributed by atoms with Gasteiger partial charge in [0.1, 0.15) is 0 Å². The third-order valence-corrected chi connectivity index (χ3v) is 6.22. The first-order valence-corrected chi connectivity index (χ1v) is 10.5. The van der Waals surface area contributed by atoms with Gasteiger partial charge in [-0.05, 0) is 43.1 Å². The molecule has 27 heavy (non-hydrogen) atoms. The summed E-state index contributed by atoms with van der Waals surface area (Å²) in [6.45, 7) is 5.92. The van der Waals surface area contributed by atoms with Crippen molar-refractivity contribution in [2.75, 3.05) is 0 Å². The fourth-order valence-corrected chi connectivity index (χ4v) is 4.00. The highest BCUT2D eigenvalue weighted by Gasteiger charge is 2.42. The van der Waals surface area contributed by atoms with Crippen LogP contribution in [0.15, 0.2) is 24.3 Å². The number of carboxylic acid groups (broad SMARTS) is 1. The lowest BCUT2D eigenvalue weighted by Crippen LogP contribution is -2.27. The van der Waals surface area contributed by atoms with Crippen LogP contribution in [0.4, 0.5) is 0 Å². The van der Waals surface area contributed by atoms with Gasteiger partial charge in [0.15, 0.2) is 5.78 Å². The van der Waals surface area contributed by atoms with Gasteiger partial charge in [0.25, 0.3) is 0 Å². The van der Waals surface area contributed by atoms with Crippen molar-refractivity contribution < 1.29 is 21.2 Å². The number of aliphatic carboxylic acids is 1. The van der Waals surface area contributed by atoms with Gasteiger partial charge in [0.05, 0.1) is 13.4 Å². The number of carbonyl (C=O) groups excluding carboxylic acids is 1. The van der Waals surface area contributed by atoms with Gasteiger partial charge in [-0.15, -0.1) is 0 Å². The number of allylic oxidation sites excluding steroid dienone is 3. The predicted octanol–water partition coefficient (Wildman–Crippen LogP) is 4.77. The zero-order valence-electron chi connectivity index (χ0n) is 18.0. The summed E-state index contributed by atoms with van der Waals surface area (Å²) in [4.78, 5) is 23.1. The van der Waals surface area contributed by atoms with Gasteiger partial charge in [-0.25, -0.2) is 0 Å². The van der Waals surface area contributed by atoms with Crippen LogP contribution in [0.2, 0.25) is 0 Å². The summed E-state index contributed by atoms with van der Waals surface area (Å²) in [6, 6.07) is 0. The molecule has 0 aromatic carbocycles. The summed E-state index contributed by atoms with van der Waals surface area (Å²) in [7, 11) is 0. The van der Waals surface area contributed by atoms with E-state index in [1.807, 2.05) is 26.0 Å². The van der Waals surface area contributed by atoms with Crippen LogP contribution in [-0.4, -0.2) is 28.0 Å². The number of ketones is 1. The van der Waals surface area contributed by atoms with Crippen molar-refractivity contribution in [3.8, 4) is 0 Å². The van der Waals surface area contributed by atoms with Crippen molar-refractivity contribution >= 4 is 11.8 Å². The molecular formula is C23H36O4. The van der Waals surface area contributed by atoms with E-state index in [2.05, 4.69) is 6.92 Å². The molecule has 2 aliphatic carbocycles. The molecule has 5 atom stereocenters. The van der Waals surface area contributed by atoms with E-state index < -0.39 is 17.5 Å². The summed E-state index contributed by atoms with van der Waals surface area (Å²) in [5.41, 5.74) is -0.549. The largest absolute Gasteiger partial charge is 0.481 e. The molecule has 2 aliphatic rings. The van der Waals surface area contributed by atoms with E-state index in [9.17, 15) is 14.7 Å². The van der Waals surface area contributed by atoms with E-state index in [1.165, 1.54) is 0 Å². The molecular weight excluding hydrogens is 340 g/mol. The lowest BCUT2D eigenvalue weighted by atomic mass is 9.80. The van der Waals surface area contributed by atoms with Crippen molar-refractivity contribution in [1.82, 2.24) is 0 Å². The molecule has 0 aromatic heterocycles. The highest BCUT2D eigenvalue weighted by atomic mass is 16.4. The standard InChI is InChI=1S/C23H36O4/c1-4-5-14-23(2,3)21(25)13-11-16-10-12-20(24)18(16)9-7-6-8-17-15-19(17)22(26)27/h10-13,16-19,21,25H,4-9,14-15H2,1-3H3,(H,26,27)/t16-,17-,18-,19-,21-/m1/s1/i21D. The highest BCUT2D eigenvalue weighted by molar-refractivity contribution is 5.94. The maximum atomic E-state index is 12.2. The Kier molecular flexibility index (Phi) is 7.28. The van der Waals surface area contributed by atoms with Gasteiger partial charge >= 0.3 is 5.97 Å². The average Bonchev–Trinajstić information content (AvgIpc) is 3.32. The lowest BCUT2D eigenvalue weighted by molar-refractivity contribution is -0.138. The van der Waals surface area contributed by atoms with Crippen LogP contribution in [0.1, 0.15) is 73.5 Å². The topological polar surface area (TPSA) is 74.6 Å². The molecule has 0 unspecified atom stereocenters. The molecule has 152 valence electrons. The molecule has 0 saturated heterocycles. The Morgan fingerprint density at radius 1 is 1.37 bits per heavy atom. The Labute approximate surface area is 165 Å². The van der Waals surface area contributed by atoms with Crippen LogP contribution >= 0.6 is 0 Å². The monoisotopic (exact) mass is 377 g/mol. The van der Waals surface area contributed by atoms with Crippen LogP contribution in [0.25, 0.3) is 0 Å². The van der Waals surface area contributed by atoms with Gasteiger partial charge in [0.2, 0.25) is 0 Å². The van der Waals surface area contributed by atoms with Crippen molar-refractivity contribution in [2.45, 2.75) is 78.2 Å². The van der Waals surface area contributed by atoms with Crippen molar-refractivity contribution in [2.24, 2.45) is 29.1 Å². The summed E-state index contributed by atoms with van der Waals surface area (Å²) in [6.07, 6.45) is 12.3. The third kappa shape index (κ3) is 6.31. The molecule has 1 saturated carbocycles. The average molecular weight is 378 g/mol. The van der Waals surface area contributed by atoms with Crippen LogP contribution in [-0.2, 0) is 9.59 Å². The summed E-state index contributed by atoms with van der Waals surface area (Å²) < 4.78 is 8.37. The highest BCUT2D eigenvalue weighted by Crippen LogP contribution is 2.42. The molecule has 4 nitrogen and oxygen atoms in total. The zero-order chi connectivity index (χ0) is 20.9. The van der Waals surface area contributed by atoms with E-state index in [0.29, 0.717) is 5.92 Å². The molecule has 2 rings (SSSR count). The first-order chi connectivity index (χ1) is 13.1. The van der Waals surface area contributed by atoms with Gasteiger partial charge in [-0.3, -0.25) is 9.59 Å². The number of hydrogen-bond acceptors (Lipinski definition) is 3. The van der Waals surface area contributed by atoms with Crippen LogP contribution in [0.3, 0.4) is 0 Å². The van der Waals surface area contributed by atoms with Crippen LogP contribution in [0.5, 0.6) is 0 Å². The lowest BCUT2D eigenvalue weighted by Gasteiger charge is -2.29. The summed E-state index contributed by atoms with van der Waals surface area (Å²) >= 11 is 0. The maximum Gasteiger partial charge on any atom is 0.306 e. The van der Waals surface area contributed by atoms with E-state index in [-0.39, 0.29) is 23.5 Å². The molecule has 4 heteroatoms. The minimum absolute atomic E-state index is 0.0703. The molecule has 0 bridgehead atoms. The predicted molar refractivity (Wildman–Crippen MR) is 107 cm³/mol. The zero-order valence-corrected chi connectivity index (χ0v) is 17.0. The fourth-order valence-electron chi connectivity index (χ4n) is 4.00. The second-order valence-electron chi connectivity index (χ2n) is 8.90. The van der Waals surface area contributed by atoms with Gasteiger partial charge < -0.3 is 10.2 Å². The minimum Gasteiger partial charge on any atom is -0.481 e. The number of unbranched alkanes of at least 4 members (excludes halogenated alkanes) is 2. The number of carboxylic acids is 1. The van der Waals surface area contributed by atoms with Crippen LogP contribution in [0, 0.1) is 29.1 Å². The normalized spacial score (nSPS) is 30.5. The van der Waals surface area contributed by atoms with E-state index >= 15 is 0 Å². The van der Waals surface area contributed by atoms with Gasteiger partial charge in [-0.2, -0.15) is 0 Å². The van der Waals surface area contributed by atoms with Crippen molar-refractivity contribution in [3.05, 3.63) is 24.3 Å². The number of rotatable bonds is 12. The molecule has 0 aromatic rings. The Balaban J connectivity index is 1.84. The van der Waals surface area contributed by atoms with Crippen LogP contribution < -0.4 is 0 Å². The van der Waals surface area contributed by atoms with Crippen molar-refractivity contribution in [3.63, 3.8) is 0 Å². The molecule has 0 spiro atoms. The molecule has 0 heterocycles. The Hall–Kier alpha value is -1.42. The minimum atomic E-state index is -1.66. The SMILES string of the molecule is [2H][C@@](O)(C=C[C@H]1C=CC(=O)[C@@H]1CCCC[C@@H]1C[C@H]1C(=O)O)C(C)(C)CCCC. The van der Waals surface area contributed by atoms with Gasteiger partial charge in [-0.1, -0.05) is 64.7 Å². The number of aliphatic hydroxyl groups is 1. The van der Waals surface area contributed by atoms with E-state index in [1.54, 1.807) is 12.2 Å². The quantitative estimate of drug-likeness (QED) is 0.379. The Morgan fingerprint density at radius 3 is 2.70 bits per heavy atom. The summed E-state index contributed by atoms with van der Waals surface area (Å²) in [5.74, 6) is -0.608. The molecule has 2 N–H and O–H groups in total. The third-order valence-electron chi connectivity index (χ3n) is 6.22. The van der Waals surface area contributed by atoms with Crippen molar-refractivity contribution in [1.29, 1.82) is 0 Å². The first-order valence-electron chi connectivity index (χ1n) is 11.0. The van der Waals surface area contributed by atoms with E-state index in [4.69, 9.17) is 6.48 Å². The second-order valence-corrected chi connectivity index (χ2v) is 8.90. The number of carbonyl (C=O) groups is 2. The molecule has 0 aliphatic heterocycles. The summed E-state index contributed by atoms with van der Waals surface area (Å²) in [5, 5.41) is 19.6. The Morgan fingerprint density at radius 2 is 2.07 bits per heavy atom. The first kappa shape index (κ1) is 20.3. The Bertz CT molecular complexity index is 620. The number of hydrogen-bond donors (Lipinski definition) is 2. The molecule has 0 radical (unpaired) electrons. The fraction of sp³-hybridized carbons (Fsp3) is 0.739. The van der Waals surface area contributed by atoms with E-state index in [0.717, 1.165) is 51.4 Å².